The molecule has 2 N–H and O–H groups in total. The maximum atomic E-state index is 11.7. The van der Waals surface area contributed by atoms with Crippen LogP contribution in [0.3, 0.4) is 0 Å². The van der Waals surface area contributed by atoms with Gasteiger partial charge in [0.25, 0.3) is 0 Å². The first-order valence-electron chi connectivity index (χ1n) is 7.41. The van der Waals surface area contributed by atoms with Crippen molar-refractivity contribution in [3.8, 4) is 0 Å². The fraction of sp³-hybridized carbons (Fsp3) is 0.312. The normalized spacial score (nSPS) is 11.4. The summed E-state index contributed by atoms with van der Waals surface area (Å²) in [4.78, 5) is 4.21. The zero-order valence-electron chi connectivity index (χ0n) is 13.4. The lowest BCUT2D eigenvalue weighted by atomic mass is 10.1. The monoisotopic (exact) mass is 334 g/mol. The predicted molar refractivity (Wildman–Crippen MR) is 93.7 cm³/mol. The van der Waals surface area contributed by atoms with Crippen LogP contribution in [0, 0.1) is 0 Å². The molecule has 0 amide bonds. The highest BCUT2D eigenvalue weighted by Crippen LogP contribution is 2.12. The van der Waals surface area contributed by atoms with E-state index in [4.69, 9.17) is 0 Å². The van der Waals surface area contributed by atoms with E-state index in [1.165, 1.54) is 25.9 Å². The van der Waals surface area contributed by atoms with Crippen LogP contribution in [0.1, 0.15) is 12.0 Å². The number of pyridine rings is 1. The highest BCUT2D eigenvalue weighted by atomic mass is 32.2. The summed E-state index contributed by atoms with van der Waals surface area (Å²) < 4.78 is 27.0. The van der Waals surface area contributed by atoms with Gasteiger partial charge in [-0.15, -0.1) is 0 Å². The maximum Gasteiger partial charge on any atom is 0.301 e. The number of benzene rings is 1. The van der Waals surface area contributed by atoms with E-state index in [0.717, 1.165) is 29.5 Å². The van der Waals surface area contributed by atoms with Gasteiger partial charge in [-0.1, -0.05) is 30.3 Å². The first-order chi connectivity index (χ1) is 11.0. The molecule has 0 aliphatic carbocycles. The van der Waals surface area contributed by atoms with E-state index >= 15 is 0 Å². The third-order valence-corrected chi connectivity index (χ3v) is 4.74. The lowest BCUT2D eigenvalue weighted by Crippen LogP contribution is -2.28. The second-order valence-corrected chi connectivity index (χ2v) is 7.22. The van der Waals surface area contributed by atoms with E-state index in [1.807, 2.05) is 18.2 Å². The van der Waals surface area contributed by atoms with E-state index in [9.17, 15) is 8.42 Å². The maximum absolute atomic E-state index is 11.7. The Kier molecular flexibility index (Phi) is 5.95. The van der Waals surface area contributed by atoms with Crippen molar-refractivity contribution in [3.63, 3.8) is 0 Å². The number of anilines is 2. The Labute approximate surface area is 137 Å². The Morgan fingerprint density at radius 1 is 1.09 bits per heavy atom. The van der Waals surface area contributed by atoms with Gasteiger partial charge in [-0.25, -0.2) is 4.98 Å². The van der Waals surface area contributed by atoms with E-state index in [0.29, 0.717) is 5.69 Å². The topological polar surface area (TPSA) is 74.3 Å². The van der Waals surface area contributed by atoms with Crippen LogP contribution in [0.4, 0.5) is 11.5 Å². The fourth-order valence-corrected chi connectivity index (χ4v) is 2.55. The average Bonchev–Trinajstić information content (AvgIpc) is 2.54. The second-order valence-electron chi connectivity index (χ2n) is 5.34. The highest BCUT2D eigenvalue weighted by Gasteiger charge is 2.12. The van der Waals surface area contributed by atoms with Crippen molar-refractivity contribution in [2.75, 3.05) is 30.7 Å². The first-order valence-corrected chi connectivity index (χ1v) is 8.85. The van der Waals surface area contributed by atoms with Crippen LogP contribution in [0.2, 0.25) is 0 Å². The van der Waals surface area contributed by atoms with Crippen LogP contribution in [-0.2, 0) is 16.6 Å². The van der Waals surface area contributed by atoms with Gasteiger partial charge in [-0.3, -0.25) is 4.72 Å². The standard InChI is InChI=1S/C16H22N4O2S/c1-20(2)23(21,22)19-15-10-11-16(18-13-15)17-12-6-9-14-7-4-3-5-8-14/h3-5,7-8,10-11,13,19H,6,9,12H2,1-2H3,(H,17,18). The first kappa shape index (κ1) is 17.2. The Balaban J connectivity index is 1.79. The molecule has 0 radical (unpaired) electrons. The van der Waals surface area contributed by atoms with Crippen LogP contribution in [0.25, 0.3) is 0 Å². The lowest BCUT2D eigenvalue weighted by molar-refractivity contribution is 0.527. The lowest BCUT2D eigenvalue weighted by Gasteiger charge is -2.13. The summed E-state index contributed by atoms with van der Waals surface area (Å²) in [6, 6.07) is 13.8. The molecule has 0 spiro atoms. The summed E-state index contributed by atoms with van der Waals surface area (Å²) >= 11 is 0. The molecular formula is C16H22N4O2S. The quantitative estimate of drug-likeness (QED) is 0.727. The van der Waals surface area contributed by atoms with Gasteiger partial charge in [0.15, 0.2) is 0 Å². The van der Waals surface area contributed by atoms with Gasteiger partial charge < -0.3 is 5.32 Å². The predicted octanol–water partition coefficient (Wildman–Crippen LogP) is 2.34. The molecule has 1 heterocycles. The van der Waals surface area contributed by atoms with Crippen molar-refractivity contribution in [3.05, 3.63) is 54.2 Å². The van der Waals surface area contributed by atoms with Crippen molar-refractivity contribution in [1.82, 2.24) is 9.29 Å². The summed E-state index contributed by atoms with van der Waals surface area (Å²) in [6.45, 7) is 0.810. The van der Waals surface area contributed by atoms with E-state index < -0.39 is 10.2 Å². The van der Waals surface area contributed by atoms with Gasteiger partial charge in [-0.05, 0) is 30.5 Å². The summed E-state index contributed by atoms with van der Waals surface area (Å²) in [6.07, 6.45) is 3.51. The number of nitrogens with one attached hydrogen (secondary N) is 2. The smallest absolute Gasteiger partial charge is 0.301 e. The van der Waals surface area contributed by atoms with Gasteiger partial charge in [0.05, 0.1) is 11.9 Å². The van der Waals surface area contributed by atoms with Crippen LogP contribution in [-0.4, -0.2) is 38.3 Å². The summed E-state index contributed by atoms with van der Waals surface area (Å²) in [5.74, 6) is 0.728. The molecule has 0 aliphatic rings. The molecule has 0 atom stereocenters. The minimum atomic E-state index is -3.49. The van der Waals surface area contributed by atoms with E-state index in [2.05, 4.69) is 27.2 Å². The van der Waals surface area contributed by atoms with Crippen molar-refractivity contribution in [2.45, 2.75) is 12.8 Å². The molecule has 1 aromatic heterocycles. The average molecular weight is 334 g/mol. The Morgan fingerprint density at radius 3 is 2.43 bits per heavy atom. The molecule has 0 unspecified atom stereocenters. The summed E-state index contributed by atoms with van der Waals surface area (Å²) in [7, 11) is -0.551. The molecule has 0 saturated heterocycles. The largest absolute Gasteiger partial charge is 0.370 e. The molecule has 0 aliphatic heterocycles. The minimum Gasteiger partial charge on any atom is -0.370 e. The van der Waals surface area contributed by atoms with Gasteiger partial charge in [0, 0.05) is 20.6 Å². The third kappa shape index (κ3) is 5.54. The molecule has 6 nitrogen and oxygen atoms in total. The molecule has 0 fully saturated rings. The Hall–Kier alpha value is -2.12. The van der Waals surface area contributed by atoms with Crippen molar-refractivity contribution in [2.24, 2.45) is 0 Å². The van der Waals surface area contributed by atoms with Crippen LogP contribution in [0.15, 0.2) is 48.7 Å². The number of nitrogens with zero attached hydrogens (tertiary/aromatic N) is 2. The molecular weight excluding hydrogens is 312 g/mol. The Bertz CT molecular complexity index is 701. The minimum absolute atomic E-state index is 0.438. The number of rotatable bonds is 8. The van der Waals surface area contributed by atoms with E-state index in [-0.39, 0.29) is 0 Å². The van der Waals surface area contributed by atoms with Crippen LogP contribution < -0.4 is 10.0 Å². The molecule has 124 valence electrons. The van der Waals surface area contributed by atoms with Gasteiger partial charge in [0.2, 0.25) is 0 Å². The van der Waals surface area contributed by atoms with Crippen molar-refractivity contribution >= 4 is 21.7 Å². The van der Waals surface area contributed by atoms with Crippen molar-refractivity contribution in [1.29, 1.82) is 0 Å². The number of aromatic nitrogens is 1. The highest BCUT2D eigenvalue weighted by molar-refractivity contribution is 7.90. The Morgan fingerprint density at radius 2 is 1.83 bits per heavy atom. The summed E-state index contributed by atoms with van der Waals surface area (Å²) in [5.41, 5.74) is 1.75. The molecule has 0 bridgehead atoms. The third-order valence-electron chi connectivity index (χ3n) is 3.28. The molecule has 2 rings (SSSR count). The second kappa shape index (κ2) is 7.94. The SMILES string of the molecule is CN(C)S(=O)(=O)Nc1ccc(NCCCc2ccccc2)nc1. The van der Waals surface area contributed by atoms with Crippen LogP contribution in [0.5, 0.6) is 0 Å². The zero-order valence-corrected chi connectivity index (χ0v) is 14.2. The molecule has 23 heavy (non-hydrogen) atoms. The van der Waals surface area contributed by atoms with E-state index in [1.54, 1.807) is 12.1 Å². The molecule has 7 heteroatoms. The van der Waals surface area contributed by atoms with Gasteiger partial charge in [-0.2, -0.15) is 12.7 Å². The zero-order chi connectivity index (χ0) is 16.7. The number of aryl methyl sites for hydroxylation is 1. The number of hydrogen-bond acceptors (Lipinski definition) is 4. The summed E-state index contributed by atoms with van der Waals surface area (Å²) in [5, 5.41) is 3.23. The number of hydrogen-bond donors (Lipinski definition) is 2. The van der Waals surface area contributed by atoms with Crippen LogP contribution >= 0.6 is 0 Å². The van der Waals surface area contributed by atoms with Crippen molar-refractivity contribution < 1.29 is 8.42 Å². The van der Waals surface area contributed by atoms with Gasteiger partial charge in [0.1, 0.15) is 5.82 Å². The molecule has 2 aromatic rings. The van der Waals surface area contributed by atoms with Gasteiger partial charge >= 0.3 is 10.2 Å². The molecule has 0 saturated carbocycles. The molecule has 1 aromatic carbocycles. The fourth-order valence-electron chi connectivity index (χ4n) is 1.95.